The van der Waals surface area contributed by atoms with Crippen LogP contribution in [-0.2, 0) is 6.54 Å². The molecule has 4 rings (SSSR count). The molecule has 2 aliphatic rings. The van der Waals surface area contributed by atoms with Crippen molar-refractivity contribution in [3.8, 4) is 9.88 Å². The maximum absolute atomic E-state index is 5.72. The van der Waals surface area contributed by atoms with Gasteiger partial charge < -0.3 is 5.73 Å². The summed E-state index contributed by atoms with van der Waals surface area (Å²) in [4.78, 5) is 8.59. The Hall–Kier alpha value is -1.05. The minimum Gasteiger partial charge on any atom is -0.374 e. The van der Waals surface area contributed by atoms with Crippen LogP contribution in [-0.4, -0.2) is 33.2 Å². The molecule has 20 heavy (non-hydrogen) atoms. The van der Waals surface area contributed by atoms with Gasteiger partial charge in [0.05, 0.1) is 17.1 Å². The summed E-state index contributed by atoms with van der Waals surface area (Å²) < 4.78 is 0. The SMILES string of the molecule is Nc1nnc(-c2sc(CN3CCCC3)nc2C2CC2)s1. The fourth-order valence-corrected chi connectivity index (χ4v) is 4.57. The number of aromatic nitrogens is 3. The van der Waals surface area contributed by atoms with E-state index in [9.17, 15) is 0 Å². The van der Waals surface area contributed by atoms with Gasteiger partial charge in [0.15, 0.2) is 5.01 Å². The Labute approximate surface area is 125 Å². The fourth-order valence-electron chi connectivity index (χ4n) is 2.69. The molecule has 0 radical (unpaired) electrons. The van der Waals surface area contributed by atoms with Gasteiger partial charge in [-0.05, 0) is 38.8 Å². The monoisotopic (exact) mass is 307 g/mol. The van der Waals surface area contributed by atoms with Crippen LogP contribution in [0.3, 0.4) is 0 Å². The number of nitrogen functional groups attached to an aromatic ring is 1. The zero-order chi connectivity index (χ0) is 13.5. The Bertz CT molecular complexity index is 610. The summed E-state index contributed by atoms with van der Waals surface area (Å²) in [5.41, 5.74) is 6.95. The number of anilines is 1. The third-order valence-corrected chi connectivity index (χ3v) is 5.82. The van der Waals surface area contributed by atoms with Crippen LogP contribution in [0.15, 0.2) is 0 Å². The quantitative estimate of drug-likeness (QED) is 0.940. The number of nitrogens with two attached hydrogens (primary N) is 1. The van der Waals surface area contributed by atoms with E-state index < -0.39 is 0 Å². The molecular formula is C13H17N5S2. The van der Waals surface area contributed by atoms with E-state index in [2.05, 4.69) is 15.1 Å². The smallest absolute Gasteiger partial charge is 0.203 e. The van der Waals surface area contributed by atoms with E-state index in [1.165, 1.54) is 65.7 Å². The van der Waals surface area contributed by atoms with E-state index in [1.54, 1.807) is 11.3 Å². The predicted octanol–water partition coefficient (Wildman–Crippen LogP) is 2.72. The highest BCUT2D eigenvalue weighted by Gasteiger charge is 2.31. The van der Waals surface area contributed by atoms with E-state index >= 15 is 0 Å². The lowest BCUT2D eigenvalue weighted by Crippen LogP contribution is -2.18. The van der Waals surface area contributed by atoms with E-state index in [0.29, 0.717) is 11.0 Å². The first-order chi connectivity index (χ1) is 9.79. The molecule has 2 aromatic heterocycles. The summed E-state index contributed by atoms with van der Waals surface area (Å²) >= 11 is 3.25. The van der Waals surface area contributed by atoms with Crippen molar-refractivity contribution in [2.24, 2.45) is 0 Å². The molecule has 106 valence electrons. The molecule has 0 amide bonds. The van der Waals surface area contributed by atoms with Crippen molar-refractivity contribution in [3.05, 3.63) is 10.7 Å². The summed E-state index contributed by atoms with van der Waals surface area (Å²) in [5.74, 6) is 0.638. The summed E-state index contributed by atoms with van der Waals surface area (Å²) in [6.45, 7) is 3.40. The Morgan fingerprint density at radius 2 is 1.95 bits per heavy atom. The Morgan fingerprint density at radius 3 is 2.60 bits per heavy atom. The molecule has 3 heterocycles. The lowest BCUT2D eigenvalue weighted by Gasteiger charge is -2.11. The highest BCUT2D eigenvalue weighted by atomic mass is 32.1. The summed E-state index contributed by atoms with van der Waals surface area (Å²) in [6, 6.07) is 0. The lowest BCUT2D eigenvalue weighted by atomic mass is 10.2. The average molecular weight is 307 g/mol. The van der Waals surface area contributed by atoms with Crippen LogP contribution in [0, 0.1) is 0 Å². The highest BCUT2D eigenvalue weighted by molar-refractivity contribution is 7.23. The summed E-state index contributed by atoms with van der Waals surface area (Å²) in [7, 11) is 0. The molecule has 0 aromatic carbocycles. The van der Waals surface area contributed by atoms with Crippen LogP contribution in [0.4, 0.5) is 5.13 Å². The first-order valence-electron chi connectivity index (χ1n) is 7.11. The Balaban J connectivity index is 1.64. The second-order valence-electron chi connectivity index (χ2n) is 5.52. The second-order valence-corrected chi connectivity index (χ2v) is 7.62. The van der Waals surface area contributed by atoms with Gasteiger partial charge in [-0.2, -0.15) is 0 Å². The van der Waals surface area contributed by atoms with Crippen molar-refractivity contribution < 1.29 is 0 Å². The summed E-state index contributed by atoms with van der Waals surface area (Å²) in [5, 5.41) is 10.8. The Morgan fingerprint density at radius 1 is 1.15 bits per heavy atom. The number of nitrogens with zero attached hydrogens (tertiary/aromatic N) is 4. The molecule has 2 aromatic rings. The molecule has 0 unspecified atom stereocenters. The number of thiazole rings is 1. The minimum atomic E-state index is 0.538. The fraction of sp³-hybridized carbons (Fsp3) is 0.615. The third kappa shape index (κ3) is 2.45. The number of rotatable bonds is 4. The van der Waals surface area contributed by atoms with Crippen molar-refractivity contribution in [1.82, 2.24) is 20.1 Å². The number of likely N-dealkylation sites (tertiary alicyclic amines) is 1. The predicted molar refractivity (Wildman–Crippen MR) is 81.9 cm³/mol. The first-order valence-corrected chi connectivity index (χ1v) is 8.74. The van der Waals surface area contributed by atoms with Gasteiger partial charge in [0.1, 0.15) is 5.01 Å². The van der Waals surface area contributed by atoms with Gasteiger partial charge in [-0.3, -0.25) is 4.90 Å². The molecule has 7 heteroatoms. The maximum Gasteiger partial charge on any atom is 0.203 e. The second kappa shape index (κ2) is 5.05. The van der Waals surface area contributed by atoms with Gasteiger partial charge in [0, 0.05) is 5.92 Å². The van der Waals surface area contributed by atoms with E-state index in [4.69, 9.17) is 10.7 Å². The summed E-state index contributed by atoms with van der Waals surface area (Å²) in [6.07, 6.45) is 5.16. The number of hydrogen-bond acceptors (Lipinski definition) is 7. The van der Waals surface area contributed by atoms with E-state index in [1.807, 2.05) is 0 Å². The highest BCUT2D eigenvalue weighted by Crippen LogP contribution is 2.47. The molecule has 1 aliphatic carbocycles. The van der Waals surface area contributed by atoms with Crippen molar-refractivity contribution in [2.75, 3.05) is 18.8 Å². The topological polar surface area (TPSA) is 67.9 Å². The molecule has 5 nitrogen and oxygen atoms in total. The van der Waals surface area contributed by atoms with Gasteiger partial charge in [-0.25, -0.2) is 4.98 Å². The normalized spacial score (nSPS) is 19.8. The molecule has 1 saturated heterocycles. The van der Waals surface area contributed by atoms with Crippen LogP contribution < -0.4 is 5.73 Å². The molecule has 2 N–H and O–H groups in total. The maximum atomic E-state index is 5.72. The van der Waals surface area contributed by atoms with E-state index in [-0.39, 0.29) is 0 Å². The Kier molecular flexibility index (Phi) is 3.20. The van der Waals surface area contributed by atoms with Crippen LogP contribution in [0.1, 0.15) is 42.3 Å². The van der Waals surface area contributed by atoms with Crippen molar-refractivity contribution in [1.29, 1.82) is 0 Å². The molecule has 0 atom stereocenters. The zero-order valence-corrected chi connectivity index (χ0v) is 12.8. The molecule has 1 saturated carbocycles. The van der Waals surface area contributed by atoms with Crippen LogP contribution in [0.25, 0.3) is 9.88 Å². The van der Waals surface area contributed by atoms with Crippen molar-refractivity contribution in [3.63, 3.8) is 0 Å². The first kappa shape index (κ1) is 12.7. The molecular weight excluding hydrogens is 290 g/mol. The molecule has 0 spiro atoms. The van der Waals surface area contributed by atoms with Crippen LogP contribution in [0.5, 0.6) is 0 Å². The van der Waals surface area contributed by atoms with Crippen LogP contribution >= 0.6 is 22.7 Å². The minimum absolute atomic E-state index is 0.538. The third-order valence-electron chi connectivity index (χ3n) is 3.85. The largest absolute Gasteiger partial charge is 0.374 e. The molecule has 2 fully saturated rings. The van der Waals surface area contributed by atoms with Crippen molar-refractivity contribution >= 4 is 27.8 Å². The average Bonchev–Trinajstić information content (AvgIpc) is 2.86. The van der Waals surface area contributed by atoms with Crippen molar-refractivity contribution in [2.45, 2.75) is 38.1 Å². The lowest BCUT2D eigenvalue weighted by molar-refractivity contribution is 0.330. The number of hydrogen-bond donors (Lipinski definition) is 1. The van der Waals surface area contributed by atoms with Gasteiger partial charge in [-0.1, -0.05) is 11.3 Å². The van der Waals surface area contributed by atoms with Gasteiger partial charge >= 0.3 is 0 Å². The van der Waals surface area contributed by atoms with E-state index in [0.717, 1.165) is 11.6 Å². The van der Waals surface area contributed by atoms with Gasteiger partial charge in [0.2, 0.25) is 5.13 Å². The standard InChI is InChI=1S/C13H17N5S2/c14-13-17-16-12(20-13)11-10(8-3-4-8)15-9(19-11)7-18-5-1-2-6-18/h8H,1-7H2,(H2,14,17). The van der Waals surface area contributed by atoms with Crippen LogP contribution in [0.2, 0.25) is 0 Å². The van der Waals surface area contributed by atoms with Gasteiger partial charge in [-0.15, -0.1) is 21.5 Å². The molecule has 0 bridgehead atoms. The zero-order valence-electron chi connectivity index (χ0n) is 11.2. The van der Waals surface area contributed by atoms with Gasteiger partial charge in [0.25, 0.3) is 0 Å². The molecule has 1 aliphatic heterocycles.